The average Bonchev–Trinajstić information content (AvgIpc) is 2.37. The van der Waals surface area contributed by atoms with Gasteiger partial charge >= 0.3 is 0 Å². The number of nitrogens with zero attached hydrogens (tertiary/aromatic N) is 1. The molecule has 1 rings (SSSR count). The molecule has 0 aromatic heterocycles. The minimum Gasteiger partial charge on any atom is -0.354 e. The molecule has 6 heteroatoms. The van der Waals surface area contributed by atoms with Gasteiger partial charge < -0.3 is 21.3 Å². The summed E-state index contributed by atoms with van der Waals surface area (Å²) in [5, 5.41) is 5.33. The maximum atomic E-state index is 11.5. The Hall–Kier alpha value is -1.14. The van der Waals surface area contributed by atoms with Crippen LogP contribution in [-0.2, 0) is 9.59 Å². The average molecular weight is 256 g/mol. The maximum absolute atomic E-state index is 11.5. The smallest absolute Gasteiger partial charge is 0.239 e. The lowest BCUT2D eigenvalue weighted by atomic mass is 9.80. The van der Waals surface area contributed by atoms with E-state index in [1.807, 2.05) is 0 Å². The molecule has 1 fully saturated rings. The number of likely N-dealkylation sites (tertiary alicyclic amines) is 1. The monoisotopic (exact) mass is 256 g/mol. The Kier molecular flexibility index (Phi) is 5.55. The molecule has 0 aromatic rings. The number of nitrogens with one attached hydrogen (secondary N) is 2. The molecule has 0 atom stereocenters. The molecule has 1 saturated heterocycles. The normalized spacial score (nSPS) is 19.3. The zero-order chi connectivity index (χ0) is 13.6. The fourth-order valence-electron chi connectivity index (χ4n) is 1.96. The number of hydrogen-bond acceptors (Lipinski definition) is 4. The molecule has 4 N–H and O–H groups in total. The summed E-state index contributed by atoms with van der Waals surface area (Å²) in [5.41, 5.74) is 5.30. The van der Waals surface area contributed by atoms with Crippen LogP contribution >= 0.6 is 0 Å². The molecule has 0 aliphatic carbocycles. The van der Waals surface area contributed by atoms with E-state index in [1.54, 1.807) is 0 Å². The minimum absolute atomic E-state index is 0.00597. The lowest BCUT2D eigenvalue weighted by Crippen LogP contribution is -2.46. The van der Waals surface area contributed by atoms with Gasteiger partial charge in [0, 0.05) is 6.54 Å². The molecule has 0 saturated carbocycles. The van der Waals surface area contributed by atoms with Crippen LogP contribution in [0.5, 0.6) is 0 Å². The molecule has 6 nitrogen and oxygen atoms in total. The van der Waals surface area contributed by atoms with Gasteiger partial charge in [-0.05, 0) is 38.4 Å². The molecule has 1 aliphatic rings. The van der Waals surface area contributed by atoms with Gasteiger partial charge in [-0.15, -0.1) is 0 Å². The van der Waals surface area contributed by atoms with Crippen molar-refractivity contribution in [3.8, 4) is 0 Å². The first-order valence-electron chi connectivity index (χ1n) is 6.37. The van der Waals surface area contributed by atoms with E-state index < -0.39 is 0 Å². The number of carbonyl (C=O) groups excluding carboxylic acids is 2. The van der Waals surface area contributed by atoms with E-state index in [0.717, 1.165) is 25.9 Å². The second kappa shape index (κ2) is 6.70. The summed E-state index contributed by atoms with van der Waals surface area (Å²) in [6.07, 6.45) is 2.16. The molecule has 1 aliphatic heterocycles. The maximum Gasteiger partial charge on any atom is 0.239 e. The second-order valence-electron chi connectivity index (χ2n) is 5.37. The third-order valence-corrected chi connectivity index (χ3v) is 3.54. The molecule has 104 valence electrons. The predicted molar refractivity (Wildman–Crippen MR) is 69.9 cm³/mol. The van der Waals surface area contributed by atoms with Crippen LogP contribution in [-0.4, -0.2) is 56.5 Å². The summed E-state index contributed by atoms with van der Waals surface area (Å²) in [6, 6.07) is 0. The molecule has 1 heterocycles. The van der Waals surface area contributed by atoms with Crippen LogP contribution in [0.25, 0.3) is 0 Å². The van der Waals surface area contributed by atoms with E-state index in [1.165, 1.54) is 0 Å². The van der Waals surface area contributed by atoms with Crippen molar-refractivity contribution in [1.29, 1.82) is 0 Å². The Balaban J connectivity index is 2.23. The molecule has 2 amide bonds. The predicted octanol–water partition coefficient (Wildman–Crippen LogP) is -1.09. The number of nitrogens with two attached hydrogens (primary N) is 1. The highest BCUT2D eigenvalue weighted by Gasteiger charge is 2.28. The van der Waals surface area contributed by atoms with Gasteiger partial charge in [0.15, 0.2) is 0 Å². The highest BCUT2D eigenvalue weighted by atomic mass is 16.2. The number of rotatable bonds is 5. The zero-order valence-corrected chi connectivity index (χ0v) is 11.3. The van der Waals surface area contributed by atoms with Crippen LogP contribution in [0.4, 0.5) is 0 Å². The zero-order valence-electron chi connectivity index (χ0n) is 11.3. The van der Waals surface area contributed by atoms with Crippen molar-refractivity contribution in [1.82, 2.24) is 15.5 Å². The van der Waals surface area contributed by atoms with Crippen molar-refractivity contribution in [2.45, 2.75) is 19.8 Å². The van der Waals surface area contributed by atoms with E-state index in [0.29, 0.717) is 6.54 Å². The van der Waals surface area contributed by atoms with E-state index in [2.05, 4.69) is 29.5 Å². The summed E-state index contributed by atoms with van der Waals surface area (Å²) < 4.78 is 0. The highest BCUT2D eigenvalue weighted by Crippen LogP contribution is 2.29. The first-order valence-corrected chi connectivity index (χ1v) is 6.37. The third kappa shape index (κ3) is 5.01. The standard InChI is InChI=1S/C12H24N4O2/c1-12(3-5-16(2)6-4-12)9-15-11(18)8-14-10(17)7-13/h3-9,13H2,1-2H3,(H,14,17)(H,15,18). The quantitative estimate of drug-likeness (QED) is 0.583. The second-order valence-corrected chi connectivity index (χ2v) is 5.37. The van der Waals surface area contributed by atoms with Crippen molar-refractivity contribution in [2.75, 3.05) is 39.8 Å². The summed E-state index contributed by atoms with van der Waals surface area (Å²) in [6.45, 7) is 4.91. The van der Waals surface area contributed by atoms with Crippen LogP contribution in [0.1, 0.15) is 19.8 Å². The van der Waals surface area contributed by atoms with Crippen molar-refractivity contribution in [3.05, 3.63) is 0 Å². The lowest BCUT2D eigenvalue weighted by Gasteiger charge is -2.37. The van der Waals surface area contributed by atoms with Crippen LogP contribution < -0.4 is 16.4 Å². The van der Waals surface area contributed by atoms with Gasteiger partial charge in [-0.3, -0.25) is 9.59 Å². The SMILES string of the molecule is CN1CCC(C)(CNC(=O)CNC(=O)CN)CC1. The summed E-state index contributed by atoms with van der Waals surface area (Å²) in [5.74, 6) is -0.465. The van der Waals surface area contributed by atoms with Gasteiger partial charge in [-0.25, -0.2) is 0 Å². The van der Waals surface area contributed by atoms with E-state index in [4.69, 9.17) is 5.73 Å². The van der Waals surface area contributed by atoms with Crippen LogP contribution in [0.2, 0.25) is 0 Å². The molecule has 0 radical (unpaired) electrons. The minimum atomic E-state index is -0.310. The van der Waals surface area contributed by atoms with Crippen molar-refractivity contribution in [2.24, 2.45) is 11.1 Å². The molecule has 0 spiro atoms. The lowest BCUT2D eigenvalue weighted by molar-refractivity contribution is -0.125. The molecule has 0 unspecified atom stereocenters. The molecular formula is C12H24N4O2. The van der Waals surface area contributed by atoms with Gasteiger partial charge in [0.25, 0.3) is 0 Å². The van der Waals surface area contributed by atoms with Crippen molar-refractivity contribution in [3.63, 3.8) is 0 Å². The number of hydrogen-bond donors (Lipinski definition) is 3. The summed E-state index contributed by atoms with van der Waals surface area (Å²) >= 11 is 0. The topological polar surface area (TPSA) is 87.5 Å². The highest BCUT2D eigenvalue weighted by molar-refractivity contribution is 5.85. The Morgan fingerprint density at radius 2 is 1.83 bits per heavy atom. The van der Waals surface area contributed by atoms with E-state index in [9.17, 15) is 9.59 Å². The largest absolute Gasteiger partial charge is 0.354 e. The van der Waals surface area contributed by atoms with Crippen LogP contribution in [0.3, 0.4) is 0 Å². The molecule has 0 aromatic carbocycles. The fraction of sp³-hybridized carbons (Fsp3) is 0.833. The number of piperidine rings is 1. The Bertz CT molecular complexity index is 298. The van der Waals surface area contributed by atoms with Gasteiger partial charge in [-0.1, -0.05) is 6.92 Å². The van der Waals surface area contributed by atoms with E-state index >= 15 is 0 Å². The van der Waals surface area contributed by atoms with Gasteiger partial charge in [0.2, 0.25) is 11.8 Å². The summed E-state index contributed by atoms with van der Waals surface area (Å²) in [7, 11) is 2.11. The third-order valence-electron chi connectivity index (χ3n) is 3.54. The Labute approximate surface area is 108 Å². The molecule has 0 bridgehead atoms. The number of carbonyl (C=O) groups is 2. The van der Waals surface area contributed by atoms with Gasteiger partial charge in [-0.2, -0.15) is 0 Å². The molecule has 18 heavy (non-hydrogen) atoms. The first kappa shape index (κ1) is 14.9. The van der Waals surface area contributed by atoms with Crippen LogP contribution in [0.15, 0.2) is 0 Å². The van der Waals surface area contributed by atoms with Gasteiger partial charge in [0.05, 0.1) is 13.1 Å². The number of amides is 2. The first-order chi connectivity index (χ1) is 8.45. The van der Waals surface area contributed by atoms with E-state index in [-0.39, 0.29) is 30.3 Å². The molecular weight excluding hydrogens is 232 g/mol. The Morgan fingerprint density at radius 1 is 1.22 bits per heavy atom. The van der Waals surface area contributed by atoms with Crippen molar-refractivity contribution >= 4 is 11.8 Å². The van der Waals surface area contributed by atoms with Crippen molar-refractivity contribution < 1.29 is 9.59 Å². The van der Waals surface area contributed by atoms with Crippen LogP contribution in [0, 0.1) is 5.41 Å². The Morgan fingerprint density at radius 3 is 2.39 bits per heavy atom. The van der Waals surface area contributed by atoms with Gasteiger partial charge in [0.1, 0.15) is 0 Å². The fourth-order valence-corrected chi connectivity index (χ4v) is 1.96. The summed E-state index contributed by atoms with van der Waals surface area (Å²) in [4.78, 5) is 24.7.